The maximum absolute atomic E-state index is 11.4. The minimum absolute atomic E-state index is 0.0156. The number of fused-ring (bicyclic) bond motifs is 1. The van der Waals surface area contributed by atoms with Crippen molar-refractivity contribution in [1.82, 2.24) is 0 Å². The van der Waals surface area contributed by atoms with Gasteiger partial charge in [-0.15, -0.1) is 0 Å². The van der Waals surface area contributed by atoms with Crippen molar-refractivity contribution in [1.29, 1.82) is 0 Å². The molecule has 4 heteroatoms. The van der Waals surface area contributed by atoms with Gasteiger partial charge >= 0.3 is 0 Å². The second kappa shape index (κ2) is 4.74. The first-order chi connectivity index (χ1) is 9.65. The molecule has 4 nitrogen and oxygen atoms in total. The Bertz CT molecular complexity index is 760. The predicted molar refractivity (Wildman–Crippen MR) is 79.8 cm³/mol. The molecule has 3 rings (SSSR count). The molecular formula is C16H13N3O. The van der Waals surface area contributed by atoms with Crippen molar-refractivity contribution < 1.29 is 4.79 Å². The number of nitrogens with two attached hydrogens (primary N) is 1. The van der Waals surface area contributed by atoms with Gasteiger partial charge in [0.25, 0.3) is 0 Å². The second-order valence-corrected chi connectivity index (χ2v) is 4.58. The summed E-state index contributed by atoms with van der Waals surface area (Å²) in [4.78, 5) is 20.2. The van der Waals surface area contributed by atoms with Crippen LogP contribution in [0.4, 0.5) is 5.69 Å². The van der Waals surface area contributed by atoms with Crippen LogP contribution < -0.4 is 5.73 Å². The Morgan fingerprint density at radius 3 is 2.60 bits per heavy atom. The number of hydrogen-bond donors (Lipinski definition) is 1. The topological polar surface area (TPSA) is 67.8 Å². The molecular weight excluding hydrogens is 250 g/mol. The summed E-state index contributed by atoms with van der Waals surface area (Å²) in [5, 5.41) is 0. The first kappa shape index (κ1) is 12.3. The minimum atomic E-state index is 0.0156. The van der Waals surface area contributed by atoms with E-state index in [1.165, 1.54) is 6.92 Å². The third-order valence-electron chi connectivity index (χ3n) is 3.16. The van der Waals surface area contributed by atoms with Crippen molar-refractivity contribution in [2.24, 2.45) is 15.7 Å². The number of carbonyl (C=O) groups excluding carboxylic acids is 1. The summed E-state index contributed by atoms with van der Waals surface area (Å²) in [6.07, 6.45) is 0. The number of ketones is 1. The average Bonchev–Trinajstić information content (AvgIpc) is 2.76. The molecule has 0 spiro atoms. The molecule has 0 amide bonds. The lowest BCUT2D eigenvalue weighted by atomic mass is 10.1. The number of aliphatic imine (C=N–C) groups is 2. The van der Waals surface area contributed by atoms with E-state index in [0.717, 1.165) is 11.1 Å². The summed E-state index contributed by atoms with van der Waals surface area (Å²) in [5.74, 6) is 1.07. The predicted octanol–water partition coefficient (Wildman–Crippen LogP) is 2.69. The Balaban J connectivity index is 2.06. The van der Waals surface area contributed by atoms with E-state index in [-0.39, 0.29) is 5.78 Å². The van der Waals surface area contributed by atoms with Crippen molar-refractivity contribution in [2.45, 2.75) is 6.92 Å². The molecule has 0 bridgehead atoms. The van der Waals surface area contributed by atoms with Gasteiger partial charge in [0.2, 0.25) is 0 Å². The van der Waals surface area contributed by atoms with E-state index < -0.39 is 0 Å². The lowest BCUT2D eigenvalue weighted by Crippen LogP contribution is -2.09. The lowest BCUT2D eigenvalue weighted by molar-refractivity contribution is 0.101. The molecule has 1 heterocycles. The smallest absolute Gasteiger partial charge is 0.162 e. The van der Waals surface area contributed by atoms with Gasteiger partial charge in [-0.05, 0) is 19.1 Å². The van der Waals surface area contributed by atoms with Crippen LogP contribution >= 0.6 is 0 Å². The second-order valence-electron chi connectivity index (χ2n) is 4.58. The molecule has 0 aliphatic carbocycles. The number of amidine groups is 2. The molecule has 20 heavy (non-hydrogen) atoms. The minimum Gasteiger partial charge on any atom is -0.383 e. The molecule has 1 aliphatic heterocycles. The standard InChI is InChI=1S/C16H13N3O/c1-10(20)11-5-4-6-12(9-11)18-16-14-8-3-2-7-13(14)15(17)19-16/h2-9H,1H3,(H2,17,18,19). The molecule has 0 saturated heterocycles. The summed E-state index contributed by atoms with van der Waals surface area (Å²) in [7, 11) is 0. The highest BCUT2D eigenvalue weighted by atomic mass is 16.1. The fourth-order valence-corrected chi connectivity index (χ4v) is 2.14. The molecule has 0 radical (unpaired) electrons. The van der Waals surface area contributed by atoms with E-state index in [4.69, 9.17) is 5.73 Å². The van der Waals surface area contributed by atoms with Crippen molar-refractivity contribution in [3.8, 4) is 0 Å². The molecule has 2 N–H and O–H groups in total. The van der Waals surface area contributed by atoms with Crippen molar-refractivity contribution in [3.05, 3.63) is 65.2 Å². The Labute approximate surface area is 116 Å². The molecule has 0 fully saturated rings. The van der Waals surface area contributed by atoms with Crippen molar-refractivity contribution in [2.75, 3.05) is 0 Å². The van der Waals surface area contributed by atoms with Gasteiger partial charge in [0.1, 0.15) is 5.84 Å². The molecule has 1 aliphatic rings. The Morgan fingerprint density at radius 2 is 1.85 bits per heavy atom. The van der Waals surface area contributed by atoms with Crippen LogP contribution in [0.15, 0.2) is 58.5 Å². The van der Waals surface area contributed by atoms with E-state index >= 15 is 0 Å². The quantitative estimate of drug-likeness (QED) is 0.846. The molecule has 0 aromatic heterocycles. The van der Waals surface area contributed by atoms with E-state index in [9.17, 15) is 4.79 Å². The molecule has 0 atom stereocenters. The van der Waals surface area contributed by atoms with Gasteiger partial charge in [0.15, 0.2) is 11.6 Å². The van der Waals surface area contributed by atoms with Crippen LogP contribution in [0.2, 0.25) is 0 Å². The Hall–Kier alpha value is -2.75. The lowest BCUT2D eigenvalue weighted by Gasteiger charge is -2.00. The number of carbonyl (C=O) groups is 1. The average molecular weight is 263 g/mol. The highest BCUT2D eigenvalue weighted by Crippen LogP contribution is 2.22. The van der Waals surface area contributed by atoms with E-state index in [0.29, 0.717) is 22.9 Å². The van der Waals surface area contributed by atoms with Crippen LogP contribution in [0.3, 0.4) is 0 Å². The largest absolute Gasteiger partial charge is 0.383 e. The van der Waals surface area contributed by atoms with Gasteiger partial charge in [0, 0.05) is 16.7 Å². The fraction of sp³-hybridized carbons (Fsp3) is 0.0625. The molecule has 0 saturated carbocycles. The number of benzene rings is 2. The van der Waals surface area contributed by atoms with Gasteiger partial charge in [0.05, 0.1) is 5.69 Å². The van der Waals surface area contributed by atoms with Crippen LogP contribution in [-0.4, -0.2) is 17.5 Å². The SMILES string of the molecule is CC(=O)c1cccc(N=C2N=C(N)c3ccccc32)c1. The van der Waals surface area contributed by atoms with Crippen LogP contribution in [0.1, 0.15) is 28.4 Å². The summed E-state index contributed by atoms with van der Waals surface area (Å²) in [6.45, 7) is 1.53. The highest BCUT2D eigenvalue weighted by molar-refractivity contribution is 6.22. The summed E-state index contributed by atoms with van der Waals surface area (Å²) in [6, 6.07) is 14.9. The number of Topliss-reactive ketones (excluding diaryl/α,β-unsaturated/α-hetero) is 1. The summed E-state index contributed by atoms with van der Waals surface area (Å²) < 4.78 is 0. The molecule has 2 aromatic carbocycles. The molecule has 0 unspecified atom stereocenters. The summed E-state index contributed by atoms with van der Waals surface area (Å²) >= 11 is 0. The van der Waals surface area contributed by atoms with Gasteiger partial charge in [-0.3, -0.25) is 4.79 Å². The van der Waals surface area contributed by atoms with Crippen LogP contribution in [-0.2, 0) is 0 Å². The zero-order valence-corrected chi connectivity index (χ0v) is 11.0. The zero-order chi connectivity index (χ0) is 14.1. The molecule has 98 valence electrons. The summed E-state index contributed by atoms with van der Waals surface area (Å²) in [5.41, 5.74) is 9.03. The molecule has 2 aromatic rings. The van der Waals surface area contributed by atoms with Gasteiger partial charge in [-0.1, -0.05) is 36.4 Å². The monoisotopic (exact) mass is 263 g/mol. The fourth-order valence-electron chi connectivity index (χ4n) is 2.14. The maximum atomic E-state index is 11.4. The Morgan fingerprint density at radius 1 is 1.10 bits per heavy atom. The van der Waals surface area contributed by atoms with Gasteiger partial charge in [-0.2, -0.15) is 0 Å². The third-order valence-corrected chi connectivity index (χ3v) is 3.16. The number of nitrogens with zero attached hydrogens (tertiary/aromatic N) is 2. The van der Waals surface area contributed by atoms with Gasteiger partial charge in [-0.25, -0.2) is 9.98 Å². The number of hydrogen-bond acceptors (Lipinski definition) is 3. The van der Waals surface area contributed by atoms with E-state index in [1.807, 2.05) is 36.4 Å². The zero-order valence-electron chi connectivity index (χ0n) is 11.0. The normalized spacial score (nSPS) is 15.1. The third kappa shape index (κ3) is 2.12. The highest BCUT2D eigenvalue weighted by Gasteiger charge is 2.18. The number of rotatable bonds is 2. The first-order valence-electron chi connectivity index (χ1n) is 6.29. The maximum Gasteiger partial charge on any atom is 0.162 e. The van der Waals surface area contributed by atoms with Gasteiger partial charge < -0.3 is 5.73 Å². The van der Waals surface area contributed by atoms with E-state index in [2.05, 4.69) is 9.98 Å². The van der Waals surface area contributed by atoms with Crippen LogP contribution in [0.25, 0.3) is 0 Å². The van der Waals surface area contributed by atoms with Crippen LogP contribution in [0.5, 0.6) is 0 Å². The first-order valence-corrected chi connectivity index (χ1v) is 6.29. The van der Waals surface area contributed by atoms with Crippen molar-refractivity contribution >= 4 is 23.1 Å². The van der Waals surface area contributed by atoms with Crippen molar-refractivity contribution in [3.63, 3.8) is 0 Å². The van der Waals surface area contributed by atoms with E-state index in [1.54, 1.807) is 12.1 Å². The van der Waals surface area contributed by atoms with Crippen LogP contribution in [0, 0.1) is 0 Å². The Kier molecular flexibility index (Phi) is 2.91.